The molecule has 5 aromatic rings. The number of benzene rings is 4. The van der Waals surface area contributed by atoms with Crippen molar-refractivity contribution < 1.29 is 0 Å². The fourth-order valence-electron chi connectivity index (χ4n) is 8.35. The summed E-state index contributed by atoms with van der Waals surface area (Å²) in [6, 6.07) is 33.1. The molecule has 0 saturated carbocycles. The molecule has 0 saturated heterocycles. The van der Waals surface area contributed by atoms with Gasteiger partial charge in [-0.25, -0.2) is 0 Å². The summed E-state index contributed by atoms with van der Waals surface area (Å²) in [5.41, 5.74) is 11.6. The maximum Gasteiger partial charge on any atom is 0.133 e. The standard InChI is InChI=1S/C49H47N3S/c1-6-33(37-22-15-24-41-42-25-16-23-38(46(42)53-45(37)41)34-17-9-7-10-18-34)28-27-32(2)51-48(35-19-11-8-12-20-35)52-47(50-5)36-29-30-40-39-21-13-14-26-43(39)49(3,4)44(40)31-36/h6-19,21,23-26,28-32,35,37H,1,20,22,27H2,2-5H3,(H,50,51,52)/b33-28+. The number of rotatable bonds is 8. The number of nitrogens with zero attached hydrogens (tertiary/aromatic N) is 2. The van der Waals surface area contributed by atoms with E-state index in [2.05, 4.69) is 172 Å². The lowest BCUT2D eigenvalue weighted by atomic mass is 9.82. The molecule has 0 radical (unpaired) electrons. The Hall–Kier alpha value is -5.32. The normalized spacial score (nSPS) is 19.5. The number of aliphatic imine (C=N–C) groups is 2. The fourth-order valence-corrected chi connectivity index (χ4v) is 9.81. The molecule has 1 N–H and O–H groups in total. The zero-order valence-electron chi connectivity index (χ0n) is 31.1. The van der Waals surface area contributed by atoms with Gasteiger partial charge in [-0.05, 0) is 76.8 Å². The predicted molar refractivity (Wildman–Crippen MR) is 229 cm³/mol. The Kier molecular flexibility index (Phi) is 9.57. The lowest BCUT2D eigenvalue weighted by Gasteiger charge is -2.24. The molecule has 4 aromatic carbocycles. The molecule has 3 aliphatic carbocycles. The van der Waals surface area contributed by atoms with Gasteiger partial charge in [0.15, 0.2) is 0 Å². The summed E-state index contributed by atoms with van der Waals surface area (Å²) in [6.07, 6.45) is 20.5. The van der Waals surface area contributed by atoms with Crippen LogP contribution in [0, 0.1) is 5.92 Å². The summed E-state index contributed by atoms with van der Waals surface area (Å²) in [7, 11) is 1.87. The minimum absolute atomic E-state index is 0.0593. The quantitative estimate of drug-likeness (QED) is 0.0972. The Labute approximate surface area is 318 Å². The summed E-state index contributed by atoms with van der Waals surface area (Å²) in [5, 5.41) is 5.08. The monoisotopic (exact) mass is 709 g/mol. The molecule has 1 aromatic heterocycles. The third-order valence-electron chi connectivity index (χ3n) is 11.2. The van der Waals surface area contributed by atoms with Gasteiger partial charge in [-0.3, -0.25) is 9.98 Å². The van der Waals surface area contributed by atoms with Crippen molar-refractivity contribution >= 4 is 39.2 Å². The van der Waals surface area contributed by atoms with Crippen LogP contribution in [-0.4, -0.2) is 24.8 Å². The van der Waals surface area contributed by atoms with E-state index in [0.717, 1.165) is 36.5 Å². The van der Waals surface area contributed by atoms with Gasteiger partial charge in [0.2, 0.25) is 0 Å². The van der Waals surface area contributed by atoms with Crippen molar-refractivity contribution in [2.75, 3.05) is 7.05 Å². The number of thiophene rings is 1. The first-order valence-corrected chi connectivity index (χ1v) is 19.7. The first kappa shape index (κ1) is 34.7. The predicted octanol–water partition coefficient (Wildman–Crippen LogP) is 12.5. The van der Waals surface area contributed by atoms with E-state index in [9.17, 15) is 0 Å². The zero-order chi connectivity index (χ0) is 36.5. The van der Waals surface area contributed by atoms with Crippen molar-refractivity contribution in [1.29, 1.82) is 0 Å². The average Bonchev–Trinajstić information content (AvgIpc) is 3.70. The second-order valence-electron chi connectivity index (χ2n) is 14.9. The summed E-state index contributed by atoms with van der Waals surface area (Å²) >= 11 is 1.94. The molecular weight excluding hydrogens is 663 g/mol. The Morgan fingerprint density at radius 1 is 0.906 bits per heavy atom. The maximum atomic E-state index is 5.37. The largest absolute Gasteiger partial charge is 0.328 e. The van der Waals surface area contributed by atoms with E-state index < -0.39 is 0 Å². The molecule has 3 nitrogen and oxygen atoms in total. The van der Waals surface area contributed by atoms with Gasteiger partial charge in [-0.1, -0.05) is 154 Å². The number of amidine groups is 2. The highest BCUT2D eigenvalue weighted by atomic mass is 32.1. The second kappa shape index (κ2) is 14.6. The minimum Gasteiger partial charge on any atom is -0.328 e. The smallest absolute Gasteiger partial charge is 0.133 e. The van der Waals surface area contributed by atoms with Crippen LogP contribution in [0.4, 0.5) is 0 Å². The van der Waals surface area contributed by atoms with Gasteiger partial charge in [0.25, 0.3) is 0 Å². The third-order valence-corrected chi connectivity index (χ3v) is 12.6. The molecule has 3 atom stereocenters. The number of allylic oxidation sites excluding steroid dienone is 6. The summed E-state index contributed by atoms with van der Waals surface area (Å²) in [4.78, 5) is 11.6. The zero-order valence-corrected chi connectivity index (χ0v) is 32.0. The van der Waals surface area contributed by atoms with Crippen molar-refractivity contribution in [3.05, 3.63) is 173 Å². The molecule has 8 rings (SSSR count). The molecule has 0 spiro atoms. The molecule has 0 bridgehead atoms. The number of hydrogen-bond acceptors (Lipinski definition) is 3. The highest BCUT2D eigenvalue weighted by Gasteiger charge is 2.35. The maximum absolute atomic E-state index is 5.37. The van der Waals surface area contributed by atoms with E-state index >= 15 is 0 Å². The second-order valence-corrected chi connectivity index (χ2v) is 16.0. The summed E-state index contributed by atoms with van der Waals surface area (Å²) in [6.45, 7) is 11.2. The molecular formula is C49H47N3S. The SMILES string of the molecule is C=C/C(=C\CC(C)N=C(NC(=NC)c1ccc2c(c1)C(C)(C)c1ccccc1-2)C1C=CC=CC1)C1CC=Cc2c1sc1c(-c3ccccc3)cccc21. The lowest BCUT2D eigenvalue weighted by Crippen LogP contribution is -2.37. The lowest BCUT2D eigenvalue weighted by molar-refractivity contribution is 0.660. The number of hydrogen-bond donors (Lipinski definition) is 1. The van der Waals surface area contributed by atoms with E-state index in [0.29, 0.717) is 0 Å². The fraction of sp³-hybridized carbons (Fsp3) is 0.224. The van der Waals surface area contributed by atoms with Crippen LogP contribution in [0.25, 0.3) is 38.4 Å². The van der Waals surface area contributed by atoms with Crippen molar-refractivity contribution in [2.24, 2.45) is 15.9 Å². The number of nitrogens with one attached hydrogen (secondary N) is 1. The van der Waals surface area contributed by atoms with Gasteiger partial charge in [0.1, 0.15) is 11.7 Å². The van der Waals surface area contributed by atoms with Gasteiger partial charge < -0.3 is 5.32 Å². The summed E-state index contributed by atoms with van der Waals surface area (Å²) in [5.74, 6) is 2.23. The highest BCUT2D eigenvalue weighted by Crippen LogP contribution is 2.49. The van der Waals surface area contributed by atoms with E-state index in [4.69, 9.17) is 9.98 Å². The molecule has 1 heterocycles. The van der Waals surface area contributed by atoms with Crippen LogP contribution in [0.2, 0.25) is 0 Å². The number of fused-ring (bicyclic) bond motifs is 6. The van der Waals surface area contributed by atoms with Crippen LogP contribution < -0.4 is 5.32 Å². The Morgan fingerprint density at radius 3 is 2.49 bits per heavy atom. The molecule has 0 fully saturated rings. The van der Waals surface area contributed by atoms with Crippen LogP contribution in [0.5, 0.6) is 0 Å². The third kappa shape index (κ3) is 6.51. The first-order chi connectivity index (χ1) is 25.9. The Bertz CT molecular complexity index is 2380. The topological polar surface area (TPSA) is 36.8 Å². The van der Waals surface area contributed by atoms with Crippen LogP contribution in [0.3, 0.4) is 0 Å². The highest BCUT2D eigenvalue weighted by molar-refractivity contribution is 7.20. The van der Waals surface area contributed by atoms with Gasteiger partial charge in [-0.2, -0.15) is 0 Å². The molecule has 0 aliphatic heterocycles. The van der Waals surface area contributed by atoms with Crippen molar-refractivity contribution in [3.63, 3.8) is 0 Å². The molecule has 53 heavy (non-hydrogen) atoms. The molecule has 3 unspecified atom stereocenters. The van der Waals surface area contributed by atoms with Gasteiger partial charge in [0, 0.05) is 44.8 Å². The average molecular weight is 710 g/mol. The van der Waals surface area contributed by atoms with Gasteiger partial charge >= 0.3 is 0 Å². The van der Waals surface area contributed by atoms with Crippen LogP contribution in [-0.2, 0) is 5.41 Å². The van der Waals surface area contributed by atoms with Crippen LogP contribution in [0.1, 0.15) is 73.1 Å². The van der Waals surface area contributed by atoms with E-state index in [1.54, 1.807) is 0 Å². The van der Waals surface area contributed by atoms with E-state index in [-0.39, 0.29) is 23.3 Å². The first-order valence-electron chi connectivity index (χ1n) is 18.9. The molecule has 264 valence electrons. The summed E-state index contributed by atoms with van der Waals surface area (Å²) < 4.78 is 1.36. The Balaban J connectivity index is 1.06. The van der Waals surface area contributed by atoms with Crippen molar-refractivity contribution in [2.45, 2.75) is 57.4 Å². The molecule has 3 aliphatic rings. The van der Waals surface area contributed by atoms with Crippen molar-refractivity contribution in [1.82, 2.24) is 5.32 Å². The minimum atomic E-state index is -0.0762. The van der Waals surface area contributed by atoms with Crippen LogP contribution in [0.15, 0.2) is 156 Å². The van der Waals surface area contributed by atoms with Crippen molar-refractivity contribution in [3.8, 4) is 22.3 Å². The van der Waals surface area contributed by atoms with E-state index in [1.165, 1.54) is 59.5 Å². The van der Waals surface area contributed by atoms with Gasteiger partial charge in [0.05, 0.1) is 6.04 Å². The van der Waals surface area contributed by atoms with Crippen LogP contribution >= 0.6 is 11.3 Å². The van der Waals surface area contributed by atoms with Gasteiger partial charge in [-0.15, -0.1) is 11.3 Å². The Morgan fingerprint density at radius 2 is 1.70 bits per heavy atom. The molecule has 0 amide bonds. The van der Waals surface area contributed by atoms with E-state index in [1.807, 2.05) is 18.4 Å². The molecule has 4 heteroatoms.